The predicted octanol–water partition coefficient (Wildman–Crippen LogP) is 3.69. The van der Waals surface area contributed by atoms with Crippen molar-refractivity contribution in [2.75, 3.05) is 18.4 Å². The number of pyridine rings is 1. The number of nitrogens with zero attached hydrogens (tertiary/aromatic N) is 2. The number of anilines is 1. The summed E-state index contributed by atoms with van der Waals surface area (Å²) in [7, 11) is 0. The average Bonchev–Trinajstić information content (AvgIpc) is 3.02. The molecule has 126 valence electrons. The molecule has 3 rings (SSSR count). The summed E-state index contributed by atoms with van der Waals surface area (Å²) >= 11 is 0. The predicted molar refractivity (Wildman–Crippen MR) is 94.5 cm³/mol. The van der Waals surface area contributed by atoms with Crippen LogP contribution in [0, 0.1) is 20.8 Å². The summed E-state index contributed by atoms with van der Waals surface area (Å²) in [5.74, 6) is 0.613. The molecule has 1 aliphatic rings. The summed E-state index contributed by atoms with van der Waals surface area (Å²) in [4.78, 5) is 18.4. The first-order valence-corrected chi connectivity index (χ1v) is 8.24. The number of benzene rings is 1. The Bertz CT molecular complexity index is 728. The van der Waals surface area contributed by atoms with Gasteiger partial charge in [-0.25, -0.2) is 9.78 Å². The van der Waals surface area contributed by atoms with Gasteiger partial charge in [0.25, 0.3) is 0 Å². The Balaban J connectivity index is 1.55. The van der Waals surface area contributed by atoms with Crippen LogP contribution in [0.4, 0.5) is 10.5 Å². The van der Waals surface area contributed by atoms with Gasteiger partial charge in [0.15, 0.2) is 0 Å². The van der Waals surface area contributed by atoms with Crippen LogP contribution in [0.2, 0.25) is 0 Å². The van der Waals surface area contributed by atoms with Gasteiger partial charge in [-0.3, -0.25) is 0 Å². The first-order chi connectivity index (χ1) is 11.5. The van der Waals surface area contributed by atoms with Crippen LogP contribution in [0.1, 0.15) is 23.1 Å². The highest BCUT2D eigenvalue weighted by Gasteiger charge is 2.28. The van der Waals surface area contributed by atoms with Crippen LogP contribution in [-0.4, -0.2) is 35.1 Å². The standard InChI is InChI=1S/C19H23N3O2/c1-13-4-7-18(20-11-13)24-17-8-9-22(12-17)19(23)21-16-6-5-14(2)15(3)10-16/h4-7,10-11,17H,8-9,12H2,1-3H3,(H,21,23). The highest BCUT2D eigenvalue weighted by atomic mass is 16.5. The third kappa shape index (κ3) is 3.85. The third-order valence-electron chi connectivity index (χ3n) is 4.36. The maximum absolute atomic E-state index is 12.4. The van der Waals surface area contributed by atoms with Crippen molar-refractivity contribution in [2.24, 2.45) is 0 Å². The molecule has 0 radical (unpaired) electrons. The lowest BCUT2D eigenvalue weighted by atomic mass is 10.1. The summed E-state index contributed by atoms with van der Waals surface area (Å²) in [6, 6.07) is 9.70. The number of amides is 2. The minimum Gasteiger partial charge on any atom is -0.472 e. The maximum Gasteiger partial charge on any atom is 0.321 e. The van der Waals surface area contributed by atoms with Crippen molar-refractivity contribution >= 4 is 11.7 Å². The van der Waals surface area contributed by atoms with Crippen molar-refractivity contribution in [3.05, 3.63) is 53.2 Å². The molecule has 0 aliphatic carbocycles. The van der Waals surface area contributed by atoms with Gasteiger partial charge >= 0.3 is 6.03 Å². The number of hydrogen-bond donors (Lipinski definition) is 1. The van der Waals surface area contributed by atoms with Gasteiger partial charge in [-0.2, -0.15) is 0 Å². The summed E-state index contributed by atoms with van der Waals surface area (Å²) in [6.45, 7) is 7.35. The van der Waals surface area contributed by atoms with Crippen molar-refractivity contribution in [3.8, 4) is 5.88 Å². The van der Waals surface area contributed by atoms with Crippen molar-refractivity contribution in [1.29, 1.82) is 0 Å². The Hall–Kier alpha value is -2.56. The van der Waals surface area contributed by atoms with E-state index in [1.165, 1.54) is 11.1 Å². The SMILES string of the molecule is Cc1ccc(OC2CCN(C(=O)Nc3ccc(C)c(C)c3)C2)nc1. The number of carbonyl (C=O) groups is 1. The van der Waals surface area contributed by atoms with E-state index in [0.29, 0.717) is 19.0 Å². The fourth-order valence-electron chi connectivity index (χ4n) is 2.73. The van der Waals surface area contributed by atoms with E-state index in [-0.39, 0.29) is 12.1 Å². The molecule has 2 aromatic rings. The van der Waals surface area contributed by atoms with Crippen molar-refractivity contribution < 1.29 is 9.53 Å². The zero-order valence-corrected chi connectivity index (χ0v) is 14.4. The number of carbonyl (C=O) groups excluding carboxylic acids is 1. The maximum atomic E-state index is 12.4. The summed E-state index contributed by atoms with van der Waals surface area (Å²) < 4.78 is 5.86. The number of aromatic nitrogens is 1. The van der Waals surface area contributed by atoms with E-state index in [2.05, 4.69) is 17.2 Å². The number of ether oxygens (including phenoxy) is 1. The Labute approximate surface area is 142 Å². The number of rotatable bonds is 3. The molecule has 24 heavy (non-hydrogen) atoms. The van der Waals surface area contributed by atoms with E-state index < -0.39 is 0 Å². The molecule has 1 N–H and O–H groups in total. The molecule has 1 fully saturated rings. The molecule has 0 spiro atoms. The van der Waals surface area contributed by atoms with E-state index in [1.54, 1.807) is 11.1 Å². The smallest absolute Gasteiger partial charge is 0.321 e. The summed E-state index contributed by atoms with van der Waals surface area (Å²) in [5, 5.41) is 2.96. The topological polar surface area (TPSA) is 54.5 Å². The number of aryl methyl sites for hydroxylation is 3. The minimum absolute atomic E-state index is 0.00860. The van der Waals surface area contributed by atoms with Crippen molar-refractivity contribution in [2.45, 2.75) is 33.3 Å². The lowest BCUT2D eigenvalue weighted by Crippen LogP contribution is -2.34. The van der Waals surface area contributed by atoms with Crippen LogP contribution in [0.25, 0.3) is 0 Å². The highest BCUT2D eigenvalue weighted by molar-refractivity contribution is 5.89. The van der Waals surface area contributed by atoms with Gasteiger partial charge in [-0.1, -0.05) is 12.1 Å². The molecule has 1 aromatic carbocycles. The summed E-state index contributed by atoms with van der Waals surface area (Å²) in [6.07, 6.45) is 2.59. The van der Waals surface area contributed by atoms with Gasteiger partial charge in [0.1, 0.15) is 6.10 Å². The van der Waals surface area contributed by atoms with Crippen LogP contribution < -0.4 is 10.1 Å². The van der Waals surface area contributed by atoms with Crippen LogP contribution >= 0.6 is 0 Å². The van der Waals surface area contributed by atoms with E-state index in [0.717, 1.165) is 17.7 Å². The summed E-state index contributed by atoms with van der Waals surface area (Å²) in [5.41, 5.74) is 4.31. The molecular weight excluding hydrogens is 302 g/mol. The average molecular weight is 325 g/mol. The Morgan fingerprint density at radius 1 is 1.21 bits per heavy atom. The van der Waals surface area contributed by atoms with Gasteiger partial charge in [0.05, 0.1) is 6.54 Å². The Morgan fingerprint density at radius 2 is 2.04 bits per heavy atom. The van der Waals surface area contributed by atoms with Gasteiger partial charge in [0, 0.05) is 30.9 Å². The molecule has 1 atom stereocenters. The molecule has 1 saturated heterocycles. The molecule has 5 nitrogen and oxygen atoms in total. The van der Waals surface area contributed by atoms with Gasteiger partial charge in [-0.15, -0.1) is 0 Å². The minimum atomic E-state index is -0.0822. The normalized spacial score (nSPS) is 17.0. The second-order valence-corrected chi connectivity index (χ2v) is 6.38. The lowest BCUT2D eigenvalue weighted by Gasteiger charge is -2.18. The highest BCUT2D eigenvalue weighted by Crippen LogP contribution is 2.19. The number of likely N-dealkylation sites (tertiary alicyclic amines) is 1. The molecule has 1 aliphatic heterocycles. The third-order valence-corrected chi connectivity index (χ3v) is 4.36. The first-order valence-electron chi connectivity index (χ1n) is 8.24. The van der Waals surface area contributed by atoms with E-state index in [9.17, 15) is 4.79 Å². The first kappa shape index (κ1) is 16.3. The fraction of sp³-hybridized carbons (Fsp3) is 0.368. The largest absolute Gasteiger partial charge is 0.472 e. The molecular formula is C19H23N3O2. The number of hydrogen-bond acceptors (Lipinski definition) is 3. The van der Waals surface area contributed by atoms with Crippen LogP contribution in [0.15, 0.2) is 36.5 Å². The molecule has 2 amide bonds. The van der Waals surface area contributed by atoms with Gasteiger partial charge < -0.3 is 15.0 Å². The van der Waals surface area contributed by atoms with Crippen LogP contribution in [0.3, 0.4) is 0 Å². The number of urea groups is 1. The van der Waals surface area contributed by atoms with E-state index in [1.807, 2.05) is 44.2 Å². The molecule has 5 heteroatoms. The quantitative estimate of drug-likeness (QED) is 0.936. The second kappa shape index (κ2) is 6.91. The fourth-order valence-corrected chi connectivity index (χ4v) is 2.73. The van der Waals surface area contributed by atoms with Crippen LogP contribution in [-0.2, 0) is 0 Å². The van der Waals surface area contributed by atoms with E-state index >= 15 is 0 Å². The Kier molecular flexibility index (Phi) is 4.69. The number of nitrogens with one attached hydrogen (secondary N) is 1. The zero-order chi connectivity index (χ0) is 17.1. The molecule has 1 aromatic heterocycles. The lowest BCUT2D eigenvalue weighted by molar-refractivity contribution is 0.190. The molecule has 2 heterocycles. The van der Waals surface area contributed by atoms with Crippen molar-refractivity contribution in [3.63, 3.8) is 0 Å². The monoisotopic (exact) mass is 325 g/mol. The van der Waals surface area contributed by atoms with Gasteiger partial charge in [-0.05, 0) is 49.6 Å². The second-order valence-electron chi connectivity index (χ2n) is 6.38. The van der Waals surface area contributed by atoms with Crippen molar-refractivity contribution in [1.82, 2.24) is 9.88 Å². The van der Waals surface area contributed by atoms with E-state index in [4.69, 9.17) is 4.74 Å². The van der Waals surface area contributed by atoms with Crippen LogP contribution in [0.5, 0.6) is 5.88 Å². The molecule has 0 saturated carbocycles. The van der Waals surface area contributed by atoms with Gasteiger partial charge in [0.2, 0.25) is 5.88 Å². The molecule has 1 unspecified atom stereocenters. The zero-order valence-electron chi connectivity index (χ0n) is 14.4. The molecule has 0 bridgehead atoms. The Morgan fingerprint density at radius 3 is 2.75 bits per heavy atom.